The fourth-order valence-corrected chi connectivity index (χ4v) is 1.87. The van der Waals surface area contributed by atoms with E-state index in [1.54, 1.807) is 0 Å². The predicted octanol–water partition coefficient (Wildman–Crippen LogP) is 2.97. The van der Waals surface area contributed by atoms with Crippen LogP contribution in [0.4, 0.5) is 0 Å². The molecule has 0 aliphatic heterocycles. The number of halogens is 1. The minimum Gasteiger partial charge on any atom is -0.198 e. The largest absolute Gasteiger partial charge is 0.198 e. The molecule has 2 heteroatoms. The molecular weight excluding hydrogens is 261 g/mol. The zero-order chi connectivity index (χ0) is 9.14. The fraction of sp³-hybridized carbons (Fsp3) is 0.300. The van der Waals surface area contributed by atoms with Crippen LogP contribution in [-0.4, -0.2) is 0 Å². The lowest BCUT2D eigenvalue weighted by Gasteiger charge is -2.04. The number of aryl methyl sites for hydroxylation is 2. The second-order valence-corrected chi connectivity index (χ2v) is 4.02. The normalized spacial score (nSPS) is 9.50. The van der Waals surface area contributed by atoms with E-state index in [4.69, 9.17) is 5.26 Å². The van der Waals surface area contributed by atoms with Crippen LogP contribution in [0.1, 0.15) is 16.7 Å². The highest BCUT2D eigenvalue weighted by atomic mass is 127. The Morgan fingerprint density at radius 2 is 1.92 bits per heavy atom. The van der Waals surface area contributed by atoms with E-state index >= 15 is 0 Å². The van der Waals surface area contributed by atoms with Crippen molar-refractivity contribution in [1.29, 1.82) is 5.26 Å². The first-order valence-electron chi connectivity index (χ1n) is 3.77. The van der Waals surface area contributed by atoms with Crippen molar-refractivity contribution < 1.29 is 0 Å². The topological polar surface area (TPSA) is 23.8 Å². The van der Waals surface area contributed by atoms with E-state index in [-0.39, 0.29) is 0 Å². The molecule has 1 aromatic carbocycles. The number of rotatable bonds is 1. The molecule has 0 heterocycles. The summed E-state index contributed by atoms with van der Waals surface area (Å²) < 4.78 is 1.19. The van der Waals surface area contributed by atoms with Crippen LogP contribution >= 0.6 is 22.6 Å². The van der Waals surface area contributed by atoms with Crippen molar-refractivity contribution in [2.24, 2.45) is 0 Å². The summed E-state index contributed by atoms with van der Waals surface area (Å²) in [5.74, 6) is 0. The van der Waals surface area contributed by atoms with Gasteiger partial charge in [-0.3, -0.25) is 0 Å². The summed E-state index contributed by atoms with van der Waals surface area (Å²) in [5, 5.41) is 8.55. The molecule has 0 saturated heterocycles. The van der Waals surface area contributed by atoms with E-state index in [1.165, 1.54) is 14.7 Å². The van der Waals surface area contributed by atoms with Crippen molar-refractivity contribution in [3.8, 4) is 6.07 Å². The number of nitriles is 1. The summed E-state index contributed by atoms with van der Waals surface area (Å²) in [4.78, 5) is 0. The van der Waals surface area contributed by atoms with Crippen LogP contribution in [0.15, 0.2) is 12.1 Å². The smallest absolute Gasteiger partial charge is 0.0670 e. The zero-order valence-corrected chi connectivity index (χ0v) is 9.34. The van der Waals surface area contributed by atoms with Gasteiger partial charge in [0.1, 0.15) is 0 Å². The summed E-state index contributed by atoms with van der Waals surface area (Å²) in [6.45, 7) is 4.17. The Balaban J connectivity index is 3.16. The molecule has 0 N–H and O–H groups in total. The Kier molecular flexibility index (Phi) is 3.10. The van der Waals surface area contributed by atoms with Gasteiger partial charge in [-0.1, -0.05) is 6.07 Å². The van der Waals surface area contributed by atoms with Gasteiger partial charge in [-0.25, -0.2) is 0 Å². The SMILES string of the molecule is Cc1cc(I)c(CC#N)cc1C. The summed E-state index contributed by atoms with van der Waals surface area (Å²) in [7, 11) is 0. The Morgan fingerprint density at radius 3 is 2.50 bits per heavy atom. The minimum absolute atomic E-state index is 0.513. The zero-order valence-electron chi connectivity index (χ0n) is 7.19. The third kappa shape index (κ3) is 1.98. The van der Waals surface area contributed by atoms with Gasteiger partial charge in [0.15, 0.2) is 0 Å². The number of benzene rings is 1. The lowest BCUT2D eigenvalue weighted by atomic mass is 10.1. The maximum absolute atomic E-state index is 8.55. The molecule has 0 saturated carbocycles. The molecule has 1 aromatic rings. The molecule has 62 valence electrons. The van der Waals surface area contributed by atoms with Gasteiger partial charge < -0.3 is 0 Å². The maximum atomic E-state index is 8.55. The van der Waals surface area contributed by atoms with Gasteiger partial charge in [-0.05, 0) is 59.2 Å². The van der Waals surface area contributed by atoms with Crippen molar-refractivity contribution in [3.63, 3.8) is 0 Å². The predicted molar refractivity (Wildman–Crippen MR) is 58.0 cm³/mol. The Bertz CT molecular complexity index is 336. The van der Waals surface area contributed by atoms with Crippen LogP contribution in [0, 0.1) is 28.7 Å². The summed E-state index contributed by atoms with van der Waals surface area (Å²) in [6.07, 6.45) is 0.513. The third-order valence-electron chi connectivity index (χ3n) is 1.93. The number of hydrogen-bond acceptors (Lipinski definition) is 1. The average molecular weight is 271 g/mol. The van der Waals surface area contributed by atoms with E-state index in [0.29, 0.717) is 6.42 Å². The molecule has 0 atom stereocenters. The van der Waals surface area contributed by atoms with Crippen molar-refractivity contribution in [1.82, 2.24) is 0 Å². The second kappa shape index (κ2) is 3.90. The third-order valence-corrected chi connectivity index (χ3v) is 2.94. The van der Waals surface area contributed by atoms with Gasteiger partial charge in [0.2, 0.25) is 0 Å². The quantitative estimate of drug-likeness (QED) is 0.720. The van der Waals surface area contributed by atoms with Crippen LogP contribution in [0.2, 0.25) is 0 Å². The molecule has 0 spiro atoms. The van der Waals surface area contributed by atoms with Crippen molar-refractivity contribution in [2.45, 2.75) is 20.3 Å². The van der Waals surface area contributed by atoms with Gasteiger partial charge in [-0.2, -0.15) is 5.26 Å². The standard InChI is InChI=1S/C10H10IN/c1-7-5-9(3-4-12)10(11)6-8(7)2/h5-6H,3H2,1-2H3. The molecule has 1 nitrogen and oxygen atoms in total. The maximum Gasteiger partial charge on any atom is 0.0670 e. The average Bonchev–Trinajstić information content (AvgIpc) is 2.01. The van der Waals surface area contributed by atoms with Crippen molar-refractivity contribution >= 4 is 22.6 Å². The van der Waals surface area contributed by atoms with Crippen molar-refractivity contribution in [3.05, 3.63) is 32.4 Å². The van der Waals surface area contributed by atoms with Gasteiger partial charge in [-0.15, -0.1) is 0 Å². The van der Waals surface area contributed by atoms with E-state index in [0.717, 1.165) is 5.56 Å². The fourth-order valence-electron chi connectivity index (χ4n) is 1.06. The summed E-state index contributed by atoms with van der Waals surface area (Å²) >= 11 is 2.27. The lowest BCUT2D eigenvalue weighted by molar-refractivity contribution is 1.20. The molecule has 0 radical (unpaired) electrons. The second-order valence-electron chi connectivity index (χ2n) is 2.86. The molecule has 0 aliphatic carbocycles. The van der Waals surface area contributed by atoms with E-state index in [2.05, 4.69) is 54.6 Å². The molecule has 0 fully saturated rings. The van der Waals surface area contributed by atoms with Gasteiger partial charge in [0.25, 0.3) is 0 Å². The van der Waals surface area contributed by atoms with E-state index < -0.39 is 0 Å². The Morgan fingerprint density at radius 1 is 1.33 bits per heavy atom. The van der Waals surface area contributed by atoms with Crippen LogP contribution in [0.5, 0.6) is 0 Å². The van der Waals surface area contributed by atoms with Crippen molar-refractivity contribution in [2.75, 3.05) is 0 Å². The molecule has 0 bridgehead atoms. The summed E-state index contributed by atoms with van der Waals surface area (Å²) in [6, 6.07) is 6.39. The molecule has 0 aliphatic rings. The highest BCUT2D eigenvalue weighted by Gasteiger charge is 2.01. The molecule has 0 aromatic heterocycles. The van der Waals surface area contributed by atoms with E-state index in [1.807, 2.05) is 0 Å². The number of hydrogen-bond donors (Lipinski definition) is 0. The Hall–Kier alpha value is -0.560. The molecule has 1 rings (SSSR count). The Labute approximate surface area is 86.5 Å². The van der Waals surface area contributed by atoms with Crippen LogP contribution in [-0.2, 0) is 6.42 Å². The monoisotopic (exact) mass is 271 g/mol. The molecule has 0 amide bonds. The van der Waals surface area contributed by atoms with Crippen LogP contribution in [0.25, 0.3) is 0 Å². The van der Waals surface area contributed by atoms with Crippen LogP contribution < -0.4 is 0 Å². The molecule has 0 unspecified atom stereocenters. The minimum atomic E-state index is 0.513. The lowest BCUT2D eigenvalue weighted by Crippen LogP contribution is -1.91. The first-order chi connectivity index (χ1) is 5.65. The number of nitrogens with zero attached hydrogens (tertiary/aromatic N) is 1. The summed E-state index contributed by atoms with van der Waals surface area (Å²) in [5.41, 5.74) is 3.70. The highest BCUT2D eigenvalue weighted by Crippen LogP contribution is 2.18. The first-order valence-corrected chi connectivity index (χ1v) is 4.85. The molecule has 12 heavy (non-hydrogen) atoms. The van der Waals surface area contributed by atoms with Gasteiger partial charge in [0, 0.05) is 3.57 Å². The van der Waals surface area contributed by atoms with Crippen LogP contribution in [0.3, 0.4) is 0 Å². The first kappa shape index (κ1) is 9.53. The highest BCUT2D eigenvalue weighted by molar-refractivity contribution is 14.1. The van der Waals surface area contributed by atoms with Gasteiger partial charge in [0.05, 0.1) is 12.5 Å². The van der Waals surface area contributed by atoms with Gasteiger partial charge >= 0.3 is 0 Å². The molecular formula is C10H10IN. The van der Waals surface area contributed by atoms with E-state index in [9.17, 15) is 0 Å².